The van der Waals surface area contributed by atoms with Gasteiger partial charge in [0.05, 0.1) is 5.56 Å². The van der Waals surface area contributed by atoms with E-state index in [2.05, 4.69) is 9.97 Å². The van der Waals surface area contributed by atoms with Crippen molar-refractivity contribution in [3.05, 3.63) is 11.8 Å². The summed E-state index contributed by atoms with van der Waals surface area (Å²) >= 11 is 0. The Hall–Kier alpha value is -1.31. The van der Waals surface area contributed by atoms with Gasteiger partial charge < -0.3 is 5.73 Å². The van der Waals surface area contributed by atoms with E-state index in [9.17, 15) is 17.2 Å². The predicted molar refractivity (Wildman–Crippen MR) is 44.5 cm³/mol. The summed E-state index contributed by atoms with van der Waals surface area (Å²) in [7, 11) is -3.81. The first-order chi connectivity index (χ1) is 6.32. The summed E-state index contributed by atoms with van der Waals surface area (Å²) in [4.78, 5) is 6.56. The van der Waals surface area contributed by atoms with Crippen LogP contribution in [-0.4, -0.2) is 24.6 Å². The Morgan fingerprint density at radius 3 is 2.50 bits per heavy atom. The maximum absolute atomic E-state index is 12.3. The lowest BCUT2D eigenvalue weighted by atomic mass is 10.4. The van der Waals surface area contributed by atoms with E-state index in [1.807, 2.05) is 0 Å². The highest BCUT2D eigenvalue weighted by atomic mass is 32.2. The van der Waals surface area contributed by atoms with Gasteiger partial charge in [-0.25, -0.2) is 27.2 Å². The predicted octanol–water partition coefficient (Wildman–Crippen LogP) is 0.400. The number of halogens is 2. The summed E-state index contributed by atoms with van der Waals surface area (Å²) in [5.41, 5.74) is 4.36. The summed E-state index contributed by atoms with van der Waals surface area (Å²) < 4.78 is 46.7. The largest absolute Gasteiger partial charge is 0.368 e. The summed E-state index contributed by atoms with van der Waals surface area (Å²) in [6.07, 6.45) is -1.45. The van der Waals surface area contributed by atoms with E-state index in [0.717, 1.165) is 6.26 Å². The number of anilines is 1. The molecule has 0 spiro atoms. The molecule has 0 bridgehead atoms. The lowest BCUT2D eigenvalue weighted by Crippen LogP contribution is -2.09. The minimum atomic E-state index is -3.81. The van der Waals surface area contributed by atoms with Crippen molar-refractivity contribution < 1.29 is 17.2 Å². The lowest BCUT2D eigenvalue weighted by molar-refractivity contribution is 0.146. The van der Waals surface area contributed by atoms with E-state index in [-0.39, 0.29) is 5.95 Å². The molecule has 2 N–H and O–H groups in total. The van der Waals surface area contributed by atoms with Crippen molar-refractivity contribution in [2.45, 2.75) is 11.5 Å². The standard InChI is InChI=1S/C6H7F2N3O2S/c1-14(12,13)5-3(4(7)8)2-10-6(9)11-5/h2,4H,1H3,(H2,9,10,11). The number of sulfone groups is 1. The van der Waals surface area contributed by atoms with Crippen molar-refractivity contribution in [1.29, 1.82) is 0 Å². The van der Waals surface area contributed by atoms with Crippen molar-refractivity contribution in [1.82, 2.24) is 9.97 Å². The first-order valence-corrected chi connectivity index (χ1v) is 5.32. The molecule has 0 saturated carbocycles. The van der Waals surface area contributed by atoms with Crippen LogP contribution in [0.1, 0.15) is 12.0 Å². The molecule has 0 aliphatic carbocycles. The first-order valence-electron chi connectivity index (χ1n) is 3.43. The van der Waals surface area contributed by atoms with Crippen LogP contribution in [0.15, 0.2) is 11.2 Å². The van der Waals surface area contributed by atoms with Crippen molar-refractivity contribution in [3.63, 3.8) is 0 Å². The number of nitrogen functional groups attached to an aromatic ring is 1. The van der Waals surface area contributed by atoms with Gasteiger partial charge in [-0.05, 0) is 0 Å². The Bertz CT molecular complexity index is 446. The molecule has 14 heavy (non-hydrogen) atoms. The lowest BCUT2D eigenvalue weighted by Gasteiger charge is -2.05. The first kappa shape index (κ1) is 10.8. The highest BCUT2D eigenvalue weighted by molar-refractivity contribution is 7.90. The van der Waals surface area contributed by atoms with Gasteiger partial charge >= 0.3 is 0 Å². The number of hydrogen-bond donors (Lipinski definition) is 1. The number of nitrogens with zero attached hydrogens (tertiary/aromatic N) is 2. The third kappa shape index (κ3) is 2.13. The summed E-state index contributed by atoms with van der Waals surface area (Å²) in [5, 5.41) is -0.722. The topological polar surface area (TPSA) is 85.9 Å². The molecule has 1 heterocycles. The van der Waals surface area contributed by atoms with Crippen LogP contribution in [0, 0.1) is 0 Å². The van der Waals surface area contributed by atoms with Crippen molar-refractivity contribution in [2.75, 3.05) is 12.0 Å². The minimum Gasteiger partial charge on any atom is -0.368 e. The molecule has 0 radical (unpaired) electrons. The van der Waals surface area contributed by atoms with Crippen LogP contribution in [0.3, 0.4) is 0 Å². The monoisotopic (exact) mass is 223 g/mol. The number of nitrogens with two attached hydrogens (primary N) is 1. The average molecular weight is 223 g/mol. The van der Waals surface area contributed by atoms with Gasteiger partial charge in [-0.1, -0.05) is 0 Å². The minimum absolute atomic E-state index is 0.352. The number of alkyl halides is 2. The van der Waals surface area contributed by atoms with Crippen molar-refractivity contribution in [3.8, 4) is 0 Å². The third-order valence-corrected chi connectivity index (χ3v) is 2.41. The van der Waals surface area contributed by atoms with E-state index in [4.69, 9.17) is 5.73 Å². The normalized spacial score (nSPS) is 12.0. The van der Waals surface area contributed by atoms with E-state index in [1.54, 1.807) is 0 Å². The molecule has 1 rings (SSSR count). The van der Waals surface area contributed by atoms with E-state index >= 15 is 0 Å². The van der Waals surface area contributed by atoms with Crippen LogP contribution in [0.5, 0.6) is 0 Å². The van der Waals surface area contributed by atoms with Gasteiger partial charge in [0.2, 0.25) is 5.95 Å². The summed E-state index contributed by atoms with van der Waals surface area (Å²) in [6.45, 7) is 0. The Balaban J connectivity index is 3.46. The smallest absolute Gasteiger partial charge is 0.268 e. The molecule has 1 aromatic heterocycles. The molecular weight excluding hydrogens is 216 g/mol. The highest BCUT2D eigenvalue weighted by Crippen LogP contribution is 2.24. The molecule has 5 nitrogen and oxygen atoms in total. The van der Waals surface area contributed by atoms with Gasteiger partial charge in [0.1, 0.15) is 0 Å². The van der Waals surface area contributed by atoms with Gasteiger partial charge in [0, 0.05) is 12.5 Å². The number of rotatable bonds is 2. The Morgan fingerprint density at radius 2 is 2.07 bits per heavy atom. The number of hydrogen-bond acceptors (Lipinski definition) is 5. The van der Waals surface area contributed by atoms with Gasteiger partial charge in [-0.15, -0.1) is 0 Å². The Labute approximate surface area is 78.9 Å². The zero-order valence-electron chi connectivity index (χ0n) is 7.11. The van der Waals surface area contributed by atoms with Crippen LogP contribution in [-0.2, 0) is 9.84 Å². The van der Waals surface area contributed by atoms with Crippen molar-refractivity contribution in [2.24, 2.45) is 0 Å². The molecule has 0 atom stereocenters. The van der Waals surface area contributed by atoms with Crippen LogP contribution in [0.4, 0.5) is 14.7 Å². The van der Waals surface area contributed by atoms with E-state index in [0.29, 0.717) is 6.20 Å². The molecular formula is C6H7F2N3O2S. The van der Waals surface area contributed by atoms with E-state index < -0.39 is 26.9 Å². The van der Waals surface area contributed by atoms with Crippen LogP contribution < -0.4 is 5.73 Å². The molecule has 0 aliphatic heterocycles. The molecule has 0 fully saturated rings. The fourth-order valence-corrected chi connectivity index (χ4v) is 1.66. The average Bonchev–Trinajstić information content (AvgIpc) is 2.01. The molecule has 0 unspecified atom stereocenters. The third-order valence-electron chi connectivity index (χ3n) is 1.39. The fourth-order valence-electron chi connectivity index (χ4n) is 0.835. The van der Waals surface area contributed by atoms with Gasteiger partial charge in [-0.2, -0.15) is 0 Å². The molecule has 1 aromatic rings. The second-order valence-corrected chi connectivity index (χ2v) is 4.49. The number of aromatic nitrogens is 2. The summed E-state index contributed by atoms with van der Waals surface area (Å²) in [6, 6.07) is 0. The molecule has 78 valence electrons. The molecule has 0 aromatic carbocycles. The Morgan fingerprint density at radius 1 is 1.50 bits per heavy atom. The summed E-state index contributed by atoms with van der Waals surface area (Å²) in [5.74, 6) is -0.352. The fraction of sp³-hybridized carbons (Fsp3) is 0.333. The second kappa shape index (κ2) is 3.45. The SMILES string of the molecule is CS(=O)(=O)c1nc(N)ncc1C(F)F. The molecule has 0 amide bonds. The molecule has 0 saturated heterocycles. The molecule has 0 aliphatic rings. The maximum Gasteiger partial charge on any atom is 0.268 e. The second-order valence-electron chi connectivity index (χ2n) is 2.56. The zero-order valence-corrected chi connectivity index (χ0v) is 7.92. The van der Waals surface area contributed by atoms with Crippen LogP contribution in [0.25, 0.3) is 0 Å². The zero-order chi connectivity index (χ0) is 10.9. The van der Waals surface area contributed by atoms with Crippen LogP contribution in [0.2, 0.25) is 0 Å². The van der Waals surface area contributed by atoms with Gasteiger partial charge in [0.25, 0.3) is 6.43 Å². The maximum atomic E-state index is 12.3. The van der Waals surface area contributed by atoms with Gasteiger partial charge in [0.15, 0.2) is 14.9 Å². The van der Waals surface area contributed by atoms with Crippen molar-refractivity contribution >= 4 is 15.8 Å². The highest BCUT2D eigenvalue weighted by Gasteiger charge is 2.22. The van der Waals surface area contributed by atoms with Gasteiger partial charge in [-0.3, -0.25) is 0 Å². The molecule has 8 heteroatoms. The van der Waals surface area contributed by atoms with Crippen LogP contribution >= 0.6 is 0 Å². The quantitative estimate of drug-likeness (QED) is 0.733. The van der Waals surface area contributed by atoms with E-state index in [1.165, 1.54) is 0 Å². The Kier molecular flexibility index (Phi) is 2.65.